The molecule has 0 spiro atoms. The van der Waals surface area contributed by atoms with Gasteiger partial charge in [0.1, 0.15) is 24.4 Å². The molecule has 1 saturated heterocycles. The zero-order valence-corrected chi connectivity index (χ0v) is 25.5. The molecule has 1 aliphatic rings. The Balaban J connectivity index is 1.46. The molecule has 1 fully saturated rings. The van der Waals surface area contributed by atoms with Crippen molar-refractivity contribution in [3.8, 4) is 0 Å². The first-order chi connectivity index (χ1) is 21.1. The Bertz CT molecular complexity index is 1400. The lowest BCUT2D eigenvalue weighted by molar-refractivity contribution is -0.139. The number of H-pyrrole nitrogens is 1. The number of unbranched alkanes of at least 4 members (excludes halogenated alkanes) is 1. The molecule has 1 aromatic heterocycles. The van der Waals surface area contributed by atoms with E-state index in [-0.39, 0.29) is 19.6 Å². The maximum Gasteiger partial charge on any atom is 0.410 e. The van der Waals surface area contributed by atoms with Crippen LogP contribution in [0, 0.1) is 5.41 Å². The molecule has 3 N–H and O–H groups in total. The molecule has 0 aliphatic carbocycles. The molecule has 3 amide bonds. The average molecular weight is 605 g/mol. The van der Waals surface area contributed by atoms with Crippen LogP contribution in [-0.2, 0) is 25.7 Å². The number of aromatic amines is 1. The molecule has 2 heterocycles. The van der Waals surface area contributed by atoms with Gasteiger partial charge in [-0.2, -0.15) is 0 Å². The molecule has 12 nitrogen and oxygen atoms in total. The molecule has 2 aromatic carbocycles. The zero-order valence-electron chi connectivity index (χ0n) is 25.5. The van der Waals surface area contributed by atoms with E-state index in [2.05, 4.69) is 26.0 Å². The predicted octanol–water partition coefficient (Wildman–Crippen LogP) is 4.62. The molecule has 3 aromatic rings. The molecule has 0 radical (unpaired) electrons. The summed E-state index contributed by atoms with van der Waals surface area (Å²) in [7, 11) is 0. The van der Waals surface area contributed by atoms with Crippen molar-refractivity contribution in [3.05, 3.63) is 83.7 Å². The maximum absolute atomic E-state index is 13.3. The third-order valence-corrected chi connectivity index (χ3v) is 7.94. The quantitative estimate of drug-likeness (QED) is 0.253. The minimum absolute atomic E-state index is 0.0558. The zero-order chi connectivity index (χ0) is 31.7. The first-order valence-corrected chi connectivity index (χ1v) is 14.8. The van der Waals surface area contributed by atoms with Crippen LogP contribution in [0.2, 0.25) is 0 Å². The van der Waals surface area contributed by atoms with Gasteiger partial charge in [0.05, 0.1) is 18.6 Å². The van der Waals surface area contributed by atoms with Crippen LogP contribution < -0.4 is 10.6 Å². The van der Waals surface area contributed by atoms with Crippen molar-refractivity contribution in [1.29, 1.82) is 0 Å². The van der Waals surface area contributed by atoms with Gasteiger partial charge in [-0.05, 0) is 24.5 Å². The van der Waals surface area contributed by atoms with Crippen LogP contribution in [0.5, 0.6) is 0 Å². The van der Waals surface area contributed by atoms with Gasteiger partial charge in [-0.1, -0.05) is 99.5 Å². The molecular weight excluding hydrogens is 564 g/mol. The number of aromatic nitrogens is 3. The molecule has 44 heavy (non-hydrogen) atoms. The van der Waals surface area contributed by atoms with Crippen molar-refractivity contribution < 1.29 is 28.7 Å². The summed E-state index contributed by atoms with van der Waals surface area (Å²) in [5, 5.41) is 15.4. The summed E-state index contributed by atoms with van der Waals surface area (Å²) in [5.41, 5.74) is 1.43. The lowest BCUT2D eigenvalue weighted by Gasteiger charge is -2.34. The van der Waals surface area contributed by atoms with Crippen LogP contribution >= 0.6 is 0 Å². The van der Waals surface area contributed by atoms with Gasteiger partial charge in [0, 0.05) is 11.6 Å². The van der Waals surface area contributed by atoms with Crippen LogP contribution in [-0.4, -0.2) is 62.9 Å². The van der Waals surface area contributed by atoms with E-state index in [1.165, 1.54) is 11.1 Å². The van der Waals surface area contributed by atoms with E-state index in [0.717, 1.165) is 17.5 Å². The number of nitrogens with one attached hydrogen (secondary N) is 3. The first-order valence-electron chi connectivity index (χ1n) is 14.8. The second kappa shape index (κ2) is 14.6. The van der Waals surface area contributed by atoms with Gasteiger partial charge in [-0.25, -0.2) is 9.59 Å². The number of carbonyl (C=O) groups excluding carboxylic acids is 4. The fraction of sp³-hybridized carbons (Fsp3) is 0.438. The Kier molecular flexibility index (Phi) is 10.7. The minimum atomic E-state index is -1.07. The second-order valence-corrected chi connectivity index (χ2v) is 11.5. The van der Waals surface area contributed by atoms with Gasteiger partial charge in [-0.3, -0.25) is 19.6 Å². The number of amides is 3. The number of Topliss-reactive ketones (excluding diaryl/α,β-unsaturated/α-hetero) is 1. The van der Waals surface area contributed by atoms with E-state index in [0.29, 0.717) is 12.1 Å². The normalized spacial score (nSPS) is 18.6. The highest BCUT2D eigenvalue weighted by molar-refractivity contribution is 6.38. The number of carbonyl (C=O) groups is 4. The number of rotatable bonds is 12. The number of hydrogen-bond donors (Lipinski definition) is 3. The number of alkyl carbamates (subject to hydrolysis) is 1. The van der Waals surface area contributed by atoms with E-state index in [9.17, 15) is 19.2 Å². The largest absolute Gasteiger partial charge is 0.444 e. The number of hydrogen-bond acceptors (Lipinski definition) is 8. The smallest absolute Gasteiger partial charge is 0.410 e. The summed E-state index contributed by atoms with van der Waals surface area (Å²) in [5.74, 6) is -1.53. The van der Waals surface area contributed by atoms with E-state index in [1.807, 2.05) is 81.4 Å². The summed E-state index contributed by atoms with van der Waals surface area (Å²) in [6.45, 7) is 7.54. The molecule has 0 bridgehead atoms. The van der Waals surface area contributed by atoms with Crippen molar-refractivity contribution in [3.63, 3.8) is 0 Å². The predicted molar refractivity (Wildman–Crippen MR) is 161 cm³/mol. The second-order valence-electron chi connectivity index (χ2n) is 11.5. The van der Waals surface area contributed by atoms with Crippen LogP contribution in [0.3, 0.4) is 0 Å². The Morgan fingerprint density at radius 2 is 1.73 bits per heavy atom. The van der Waals surface area contributed by atoms with E-state index >= 15 is 0 Å². The number of benzene rings is 2. The fourth-order valence-electron chi connectivity index (χ4n) is 5.46. The van der Waals surface area contributed by atoms with Gasteiger partial charge in [0.25, 0.3) is 5.91 Å². The average Bonchev–Trinajstić information content (AvgIpc) is 3.64. The molecule has 4 atom stereocenters. The van der Waals surface area contributed by atoms with Crippen molar-refractivity contribution in [2.75, 3.05) is 6.54 Å². The Morgan fingerprint density at radius 1 is 1.05 bits per heavy atom. The summed E-state index contributed by atoms with van der Waals surface area (Å²) in [6, 6.07) is 16.8. The third-order valence-electron chi connectivity index (χ3n) is 7.94. The van der Waals surface area contributed by atoms with Crippen LogP contribution in [0.25, 0.3) is 0 Å². The van der Waals surface area contributed by atoms with Crippen LogP contribution in [0.4, 0.5) is 9.59 Å². The van der Waals surface area contributed by atoms with Crippen molar-refractivity contribution >= 4 is 23.9 Å². The number of ketones is 1. The van der Waals surface area contributed by atoms with Crippen LogP contribution in [0.15, 0.2) is 66.9 Å². The summed E-state index contributed by atoms with van der Waals surface area (Å²) < 4.78 is 11.4. The van der Waals surface area contributed by atoms with Crippen molar-refractivity contribution in [2.24, 2.45) is 5.41 Å². The fourth-order valence-corrected chi connectivity index (χ4v) is 5.46. The molecule has 234 valence electrons. The molecule has 1 aliphatic heterocycles. The van der Waals surface area contributed by atoms with E-state index < -0.39 is 53.5 Å². The highest BCUT2D eigenvalue weighted by Gasteiger charge is 2.53. The van der Waals surface area contributed by atoms with Gasteiger partial charge >= 0.3 is 12.2 Å². The van der Waals surface area contributed by atoms with E-state index in [4.69, 9.17) is 9.47 Å². The molecule has 4 rings (SSSR count). The summed E-state index contributed by atoms with van der Waals surface area (Å²) in [6.07, 6.45) is 1.01. The Hall–Kier alpha value is -4.74. The lowest BCUT2D eigenvalue weighted by Crippen LogP contribution is -2.49. The first kappa shape index (κ1) is 32.2. The van der Waals surface area contributed by atoms with Gasteiger partial charge < -0.3 is 20.1 Å². The van der Waals surface area contributed by atoms with Crippen LogP contribution in [0.1, 0.15) is 75.9 Å². The molecular formula is C32H40N6O6. The SMILES string of the molecule is CCCC[C@H](NC(=O)O[C@@H]1CN(C(=O)OCc2c[nH]nn2)C(c2ccccc2)C1(C)C)C(=O)C(=O)NC(C)c1ccccc1. The minimum Gasteiger partial charge on any atom is -0.444 e. The highest BCUT2D eigenvalue weighted by Crippen LogP contribution is 2.48. The Labute approximate surface area is 256 Å². The monoisotopic (exact) mass is 604 g/mol. The number of ether oxygens (including phenoxy) is 2. The topological polar surface area (TPSA) is 156 Å². The van der Waals surface area contributed by atoms with Gasteiger partial charge in [0.15, 0.2) is 0 Å². The number of likely N-dealkylation sites (tertiary alicyclic amines) is 1. The third kappa shape index (κ3) is 7.80. The molecule has 2 unspecified atom stereocenters. The Morgan fingerprint density at radius 3 is 2.36 bits per heavy atom. The summed E-state index contributed by atoms with van der Waals surface area (Å²) >= 11 is 0. The maximum atomic E-state index is 13.3. The standard InChI is InChI=1S/C32H40N6O6/c1-5-6-17-25(27(39)29(40)34-21(2)22-13-9-7-10-14-22)35-30(41)44-26-19-38(31(42)43-20-24-18-33-37-36-24)28(32(26,3)4)23-15-11-8-12-16-23/h7-16,18,21,25-26,28H,5-6,17,19-20H2,1-4H3,(H,34,40)(H,35,41)(H,33,36,37)/t21?,25-,26+,28?/m0/s1. The van der Waals surface area contributed by atoms with Crippen molar-refractivity contribution in [2.45, 2.75) is 77.8 Å². The molecule has 0 saturated carbocycles. The van der Waals surface area contributed by atoms with E-state index in [1.54, 1.807) is 6.92 Å². The van der Waals surface area contributed by atoms with Crippen molar-refractivity contribution in [1.82, 2.24) is 30.9 Å². The lowest BCUT2D eigenvalue weighted by atomic mass is 9.79. The van der Waals surface area contributed by atoms with Gasteiger partial charge in [-0.15, -0.1) is 5.10 Å². The number of nitrogens with zero attached hydrogens (tertiary/aromatic N) is 3. The summed E-state index contributed by atoms with van der Waals surface area (Å²) in [4.78, 5) is 54.2. The highest BCUT2D eigenvalue weighted by atomic mass is 16.6. The van der Waals surface area contributed by atoms with Gasteiger partial charge in [0.2, 0.25) is 5.78 Å². The molecule has 12 heteroatoms.